The number of benzene rings is 1. The van der Waals surface area contributed by atoms with E-state index in [1.54, 1.807) is 0 Å². The first-order valence-corrected chi connectivity index (χ1v) is 11.5. The summed E-state index contributed by atoms with van der Waals surface area (Å²) in [6.07, 6.45) is -3.57. The molecule has 0 aliphatic carbocycles. The van der Waals surface area contributed by atoms with Gasteiger partial charge >= 0.3 is 6.18 Å². The summed E-state index contributed by atoms with van der Waals surface area (Å²) in [5.41, 5.74) is -0.0621. The fourth-order valence-electron chi connectivity index (χ4n) is 4.19. The van der Waals surface area contributed by atoms with Crippen molar-refractivity contribution in [2.24, 2.45) is 11.8 Å². The summed E-state index contributed by atoms with van der Waals surface area (Å²) in [5, 5.41) is 5.73. The van der Waals surface area contributed by atoms with Gasteiger partial charge in [-0.2, -0.15) is 18.2 Å². The first kappa shape index (κ1) is 24.0. The number of aromatic nitrogens is 2. The van der Waals surface area contributed by atoms with E-state index in [1.807, 2.05) is 47.4 Å². The number of nitrogens with zero attached hydrogens (tertiary/aromatic N) is 3. The summed E-state index contributed by atoms with van der Waals surface area (Å²) in [7, 11) is 0. The van der Waals surface area contributed by atoms with Crippen LogP contribution >= 0.6 is 12.2 Å². The highest BCUT2D eigenvalue weighted by Crippen LogP contribution is 2.32. The Morgan fingerprint density at radius 3 is 2.47 bits per heavy atom. The van der Waals surface area contributed by atoms with E-state index in [4.69, 9.17) is 16.6 Å². The van der Waals surface area contributed by atoms with E-state index in [1.165, 1.54) is 0 Å². The molecule has 0 bridgehead atoms. The maximum Gasteiger partial charge on any atom is 0.433 e. The summed E-state index contributed by atoms with van der Waals surface area (Å²) in [5.74, 6) is 2.11. The monoisotopic (exact) mass is 489 g/mol. The SMILES string of the molecule is C[C@@H]1C[C@H](C)CN(c2cc(C(F)(F)F)nc(NC(=S)NCc3ccc(-c4ccccc4)o3)n2)C1. The topological polar surface area (TPSA) is 66.2 Å². The molecule has 0 spiro atoms. The van der Waals surface area contributed by atoms with Crippen LogP contribution in [0.2, 0.25) is 0 Å². The minimum Gasteiger partial charge on any atom is -0.459 e. The lowest BCUT2D eigenvalue weighted by Gasteiger charge is -2.36. The molecule has 1 fully saturated rings. The smallest absolute Gasteiger partial charge is 0.433 e. The molecule has 2 N–H and O–H groups in total. The molecule has 2 atom stereocenters. The molecule has 0 radical (unpaired) electrons. The van der Waals surface area contributed by atoms with E-state index in [9.17, 15) is 13.2 Å². The fraction of sp³-hybridized carbons (Fsp3) is 0.375. The van der Waals surface area contributed by atoms with E-state index >= 15 is 0 Å². The minimum absolute atomic E-state index is 0.100. The zero-order valence-corrected chi connectivity index (χ0v) is 19.7. The van der Waals surface area contributed by atoms with Crippen molar-refractivity contribution in [1.29, 1.82) is 0 Å². The molecule has 3 aromatic rings. The largest absolute Gasteiger partial charge is 0.459 e. The highest BCUT2D eigenvalue weighted by atomic mass is 32.1. The third-order valence-electron chi connectivity index (χ3n) is 5.56. The van der Waals surface area contributed by atoms with Crippen molar-refractivity contribution < 1.29 is 17.6 Å². The first-order valence-electron chi connectivity index (χ1n) is 11.1. The number of anilines is 2. The number of hydrogen-bond acceptors (Lipinski definition) is 5. The molecule has 2 aromatic heterocycles. The number of thiocarbonyl (C=S) groups is 1. The van der Waals surface area contributed by atoms with Crippen LogP contribution in [0.1, 0.15) is 31.7 Å². The van der Waals surface area contributed by atoms with Crippen LogP contribution in [-0.2, 0) is 12.7 Å². The van der Waals surface area contributed by atoms with E-state index in [0.29, 0.717) is 36.4 Å². The highest BCUT2D eigenvalue weighted by molar-refractivity contribution is 7.80. The lowest BCUT2D eigenvalue weighted by molar-refractivity contribution is -0.141. The number of rotatable bonds is 5. The lowest BCUT2D eigenvalue weighted by Crippen LogP contribution is -2.39. The summed E-state index contributed by atoms with van der Waals surface area (Å²) >= 11 is 5.27. The molecule has 34 heavy (non-hydrogen) atoms. The van der Waals surface area contributed by atoms with E-state index in [-0.39, 0.29) is 23.4 Å². The maximum absolute atomic E-state index is 13.5. The maximum atomic E-state index is 13.5. The van der Waals surface area contributed by atoms with Crippen LogP contribution in [0.3, 0.4) is 0 Å². The number of furan rings is 1. The average Bonchev–Trinajstić information content (AvgIpc) is 3.26. The molecule has 0 saturated carbocycles. The summed E-state index contributed by atoms with van der Waals surface area (Å²) in [6, 6.07) is 14.3. The Kier molecular flexibility index (Phi) is 7.06. The molecule has 6 nitrogen and oxygen atoms in total. The Morgan fingerprint density at radius 2 is 1.79 bits per heavy atom. The van der Waals surface area contributed by atoms with Crippen molar-refractivity contribution in [3.63, 3.8) is 0 Å². The fourth-order valence-corrected chi connectivity index (χ4v) is 4.35. The number of alkyl halides is 3. The predicted octanol–water partition coefficient (Wildman–Crippen LogP) is 5.72. The van der Waals surface area contributed by atoms with E-state index in [0.717, 1.165) is 18.1 Å². The van der Waals surface area contributed by atoms with Crippen LogP contribution in [-0.4, -0.2) is 28.2 Å². The Morgan fingerprint density at radius 1 is 1.09 bits per heavy atom. The first-order chi connectivity index (χ1) is 16.2. The molecule has 1 aliphatic heterocycles. The Bertz CT molecular complexity index is 1130. The van der Waals surface area contributed by atoms with E-state index < -0.39 is 11.9 Å². The molecule has 1 saturated heterocycles. The molecule has 0 amide bonds. The van der Waals surface area contributed by atoms with Crippen LogP contribution < -0.4 is 15.5 Å². The summed E-state index contributed by atoms with van der Waals surface area (Å²) in [6.45, 7) is 5.72. The van der Waals surface area contributed by atoms with Crippen molar-refractivity contribution in [3.8, 4) is 11.3 Å². The number of halogens is 3. The second kappa shape index (κ2) is 10.0. The van der Waals surface area contributed by atoms with Crippen molar-refractivity contribution in [2.75, 3.05) is 23.3 Å². The van der Waals surface area contributed by atoms with Crippen LogP contribution in [0.25, 0.3) is 11.3 Å². The van der Waals surface area contributed by atoms with Crippen molar-refractivity contribution in [3.05, 3.63) is 60.0 Å². The summed E-state index contributed by atoms with van der Waals surface area (Å²) < 4.78 is 46.4. The van der Waals surface area contributed by atoms with Gasteiger partial charge in [0, 0.05) is 24.7 Å². The quantitative estimate of drug-likeness (QED) is 0.444. The van der Waals surface area contributed by atoms with Gasteiger partial charge in [-0.05, 0) is 42.6 Å². The third-order valence-corrected chi connectivity index (χ3v) is 5.81. The molecule has 10 heteroatoms. The Hall–Kier alpha value is -3.14. The van der Waals surface area contributed by atoms with Gasteiger partial charge in [-0.25, -0.2) is 4.98 Å². The van der Waals surface area contributed by atoms with Gasteiger partial charge in [0.25, 0.3) is 0 Å². The van der Waals surface area contributed by atoms with Crippen LogP contribution in [0.4, 0.5) is 24.9 Å². The molecule has 0 unspecified atom stereocenters. The van der Waals surface area contributed by atoms with Crippen LogP contribution in [0.15, 0.2) is 52.9 Å². The van der Waals surface area contributed by atoms with Gasteiger partial charge in [0.15, 0.2) is 10.8 Å². The summed E-state index contributed by atoms with van der Waals surface area (Å²) in [4.78, 5) is 9.86. The molecular weight excluding hydrogens is 463 g/mol. The normalized spacial score (nSPS) is 18.6. The Labute approximate surface area is 201 Å². The zero-order chi connectivity index (χ0) is 24.3. The van der Waals surface area contributed by atoms with Crippen molar-refractivity contribution in [2.45, 2.75) is 33.0 Å². The molecule has 1 aliphatic rings. The number of nitrogens with one attached hydrogen (secondary N) is 2. The highest BCUT2D eigenvalue weighted by Gasteiger charge is 2.35. The van der Waals surface area contributed by atoms with Crippen molar-refractivity contribution >= 4 is 29.1 Å². The Balaban J connectivity index is 1.45. The van der Waals surface area contributed by atoms with Gasteiger partial charge in [-0.1, -0.05) is 44.2 Å². The number of hydrogen-bond donors (Lipinski definition) is 2. The average molecular weight is 490 g/mol. The second-order valence-corrected chi connectivity index (χ2v) is 9.13. The molecule has 4 rings (SSSR count). The number of piperidine rings is 1. The third kappa shape index (κ3) is 6.05. The van der Waals surface area contributed by atoms with E-state index in [2.05, 4.69) is 34.4 Å². The lowest BCUT2D eigenvalue weighted by atomic mass is 9.92. The van der Waals surface area contributed by atoms with Crippen molar-refractivity contribution in [1.82, 2.24) is 15.3 Å². The molecule has 1 aromatic carbocycles. The predicted molar refractivity (Wildman–Crippen MR) is 129 cm³/mol. The van der Waals surface area contributed by atoms with Gasteiger partial charge < -0.3 is 20.0 Å². The second-order valence-electron chi connectivity index (χ2n) is 8.72. The van der Waals surface area contributed by atoms with Gasteiger partial charge in [-0.15, -0.1) is 0 Å². The minimum atomic E-state index is -4.60. The van der Waals surface area contributed by atoms with Gasteiger partial charge in [-0.3, -0.25) is 0 Å². The van der Waals surface area contributed by atoms with Gasteiger partial charge in [0.2, 0.25) is 5.95 Å². The standard InChI is InChI=1S/C24H26F3N5OS/c1-15-10-16(2)14-32(13-15)21-11-20(24(25,26)27)29-22(30-21)31-23(34)28-12-18-8-9-19(33-18)17-6-4-3-5-7-17/h3-9,11,15-16H,10,12-14H2,1-2H3,(H2,28,29,30,31,34)/t15-,16+. The van der Waals surface area contributed by atoms with Crippen LogP contribution in [0, 0.1) is 11.8 Å². The molecule has 180 valence electrons. The van der Waals surface area contributed by atoms with Gasteiger partial charge in [0.1, 0.15) is 17.3 Å². The molecular formula is C24H26F3N5OS. The molecule has 3 heterocycles. The van der Waals surface area contributed by atoms with Gasteiger partial charge in [0.05, 0.1) is 6.54 Å². The van der Waals surface area contributed by atoms with Crippen LogP contribution in [0.5, 0.6) is 0 Å². The zero-order valence-electron chi connectivity index (χ0n) is 18.9.